The Kier molecular flexibility index (Phi) is 6.95. The summed E-state index contributed by atoms with van der Waals surface area (Å²) in [5.74, 6) is 2.62. The Balaban J connectivity index is 1.81. The zero-order valence-corrected chi connectivity index (χ0v) is 17.7. The van der Waals surface area contributed by atoms with Crippen LogP contribution in [0.5, 0.6) is 17.2 Å². The highest BCUT2D eigenvalue weighted by molar-refractivity contribution is 5.77. The number of nitrogens with zero attached hydrogens (tertiary/aromatic N) is 2. The number of aromatic nitrogens is 2. The summed E-state index contributed by atoms with van der Waals surface area (Å²) < 4.78 is 18.2. The van der Waals surface area contributed by atoms with Crippen LogP contribution in [0.1, 0.15) is 29.4 Å². The fourth-order valence-corrected chi connectivity index (χ4v) is 3.47. The van der Waals surface area contributed by atoms with Crippen molar-refractivity contribution in [2.24, 2.45) is 7.05 Å². The number of hydrogen-bond donors (Lipinski definition) is 1. The molecule has 158 valence electrons. The van der Waals surface area contributed by atoms with E-state index in [1.807, 2.05) is 60.3 Å². The first-order valence-corrected chi connectivity index (χ1v) is 9.68. The molecule has 1 aromatic heterocycles. The van der Waals surface area contributed by atoms with Crippen LogP contribution in [-0.4, -0.2) is 36.8 Å². The van der Waals surface area contributed by atoms with Gasteiger partial charge >= 0.3 is 0 Å². The van der Waals surface area contributed by atoms with E-state index in [1.165, 1.54) is 0 Å². The summed E-state index contributed by atoms with van der Waals surface area (Å²) in [6.45, 7) is 0. The molecule has 0 saturated heterocycles. The summed E-state index contributed by atoms with van der Waals surface area (Å²) in [6.07, 6.45) is 4.38. The van der Waals surface area contributed by atoms with E-state index in [2.05, 4.69) is 10.3 Å². The molecule has 0 aliphatic carbocycles. The molecule has 0 fully saturated rings. The van der Waals surface area contributed by atoms with E-state index >= 15 is 0 Å². The molecule has 3 aromatic rings. The minimum absolute atomic E-state index is 0.0984. The number of imidazole rings is 1. The van der Waals surface area contributed by atoms with Gasteiger partial charge in [-0.25, -0.2) is 4.98 Å². The average Bonchev–Trinajstić information content (AvgIpc) is 3.21. The van der Waals surface area contributed by atoms with Gasteiger partial charge in [-0.15, -0.1) is 0 Å². The Bertz CT molecular complexity index is 1000. The van der Waals surface area contributed by atoms with E-state index in [4.69, 9.17) is 14.2 Å². The van der Waals surface area contributed by atoms with Gasteiger partial charge in [-0.3, -0.25) is 4.79 Å². The Morgan fingerprint density at radius 2 is 1.77 bits per heavy atom. The SMILES string of the molecule is COc1ccccc1C(NC(=O)CCc1cccc(OC)c1OC)c1nccn1C. The van der Waals surface area contributed by atoms with Crippen molar-refractivity contribution in [2.45, 2.75) is 18.9 Å². The van der Waals surface area contributed by atoms with Crippen molar-refractivity contribution >= 4 is 5.91 Å². The summed E-state index contributed by atoms with van der Waals surface area (Å²) in [5.41, 5.74) is 1.76. The van der Waals surface area contributed by atoms with Crippen LogP contribution in [0.4, 0.5) is 0 Å². The molecule has 0 radical (unpaired) electrons. The first kappa shape index (κ1) is 21.2. The van der Waals surface area contributed by atoms with Gasteiger partial charge in [0.1, 0.15) is 17.6 Å². The Morgan fingerprint density at radius 1 is 1.03 bits per heavy atom. The number of para-hydroxylation sites is 2. The quantitative estimate of drug-likeness (QED) is 0.587. The van der Waals surface area contributed by atoms with Gasteiger partial charge in [0.15, 0.2) is 11.5 Å². The van der Waals surface area contributed by atoms with Gasteiger partial charge in [0.2, 0.25) is 5.91 Å². The molecule has 0 aliphatic heterocycles. The predicted molar refractivity (Wildman–Crippen MR) is 114 cm³/mol. The summed E-state index contributed by atoms with van der Waals surface area (Å²) in [7, 11) is 6.71. The highest BCUT2D eigenvalue weighted by atomic mass is 16.5. The summed E-state index contributed by atoms with van der Waals surface area (Å²) in [6, 6.07) is 12.9. The summed E-state index contributed by atoms with van der Waals surface area (Å²) in [4.78, 5) is 17.3. The molecule has 7 nitrogen and oxygen atoms in total. The van der Waals surface area contributed by atoms with Gasteiger partial charge in [-0.1, -0.05) is 30.3 Å². The maximum Gasteiger partial charge on any atom is 0.221 e. The number of amides is 1. The number of carbonyl (C=O) groups excluding carboxylic acids is 1. The average molecular weight is 409 g/mol. The third-order valence-electron chi connectivity index (χ3n) is 4.98. The van der Waals surface area contributed by atoms with E-state index in [0.29, 0.717) is 30.1 Å². The number of benzene rings is 2. The smallest absolute Gasteiger partial charge is 0.221 e. The van der Waals surface area contributed by atoms with Crippen LogP contribution < -0.4 is 19.5 Å². The number of rotatable bonds is 9. The minimum Gasteiger partial charge on any atom is -0.496 e. The lowest BCUT2D eigenvalue weighted by molar-refractivity contribution is -0.121. The molecule has 3 rings (SSSR count). The maximum absolute atomic E-state index is 12.9. The van der Waals surface area contributed by atoms with Crippen LogP contribution in [0.25, 0.3) is 0 Å². The van der Waals surface area contributed by atoms with Gasteiger partial charge in [0, 0.05) is 31.4 Å². The predicted octanol–water partition coefficient (Wildman–Crippen LogP) is 3.28. The van der Waals surface area contributed by atoms with E-state index in [0.717, 1.165) is 17.0 Å². The molecule has 7 heteroatoms. The molecule has 1 amide bonds. The van der Waals surface area contributed by atoms with Crippen molar-refractivity contribution in [3.8, 4) is 17.2 Å². The maximum atomic E-state index is 12.9. The minimum atomic E-state index is -0.430. The summed E-state index contributed by atoms with van der Waals surface area (Å²) in [5, 5.41) is 3.11. The van der Waals surface area contributed by atoms with Gasteiger partial charge in [-0.05, 0) is 24.1 Å². The molecule has 0 spiro atoms. The number of ether oxygens (including phenoxy) is 3. The van der Waals surface area contributed by atoms with Gasteiger partial charge in [-0.2, -0.15) is 0 Å². The van der Waals surface area contributed by atoms with E-state index in [1.54, 1.807) is 27.5 Å². The third-order valence-corrected chi connectivity index (χ3v) is 4.98. The number of nitrogens with one attached hydrogen (secondary N) is 1. The van der Waals surface area contributed by atoms with Crippen LogP contribution in [0.15, 0.2) is 54.9 Å². The number of carbonyl (C=O) groups is 1. The van der Waals surface area contributed by atoms with Crippen molar-refractivity contribution in [3.63, 3.8) is 0 Å². The molecule has 0 bridgehead atoms. The molecule has 1 atom stereocenters. The van der Waals surface area contributed by atoms with Crippen LogP contribution in [-0.2, 0) is 18.3 Å². The van der Waals surface area contributed by atoms with Crippen molar-refractivity contribution in [1.82, 2.24) is 14.9 Å². The molecule has 1 N–H and O–H groups in total. The molecule has 0 saturated carbocycles. The zero-order chi connectivity index (χ0) is 21.5. The largest absolute Gasteiger partial charge is 0.496 e. The Hall–Kier alpha value is -3.48. The first-order valence-electron chi connectivity index (χ1n) is 9.68. The molecule has 1 heterocycles. The fraction of sp³-hybridized carbons (Fsp3) is 0.304. The molecule has 30 heavy (non-hydrogen) atoms. The van der Waals surface area contributed by atoms with Crippen LogP contribution in [0, 0.1) is 0 Å². The van der Waals surface area contributed by atoms with Gasteiger partial charge in [0.25, 0.3) is 0 Å². The van der Waals surface area contributed by atoms with Gasteiger partial charge < -0.3 is 24.1 Å². The van der Waals surface area contributed by atoms with E-state index in [-0.39, 0.29) is 5.91 Å². The molecular weight excluding hydrogens is 382 g/mol. The van der Waals surface area contributed by atoms with Crippen LogP contribution in [0.2, 0.25) is 0 Å². The van der Waals surface area contributed by atoms with Crippen molar-refractivity contribution in [1.29, 1.82) is 0 Å². The second-order valence-electron chi connectivity index (χ2n) is 6.79. The number of methoxy groups -OCH3 is 3. The van der Waals surface area contributed by atoms with Crippen molar-refractivity contribution in [3.05, 3.63) is 71.8 Å². The lowest BCUT2D eigenvalue weighted by Gasteiger charge is -2.21. The summed E-state index contributed by atoms with van der Waals surface area (Å²) >= 11 is 0. The van der Waals surface area contributed by atoms with Crippen LogP contribution >= 0.6 is 0 Å². The number of hydrogen-bond acceptors (Lipinski definition) is 5. The van der Waals surface area contributed by atoms with Crippen LogP contribution in [0.3, 0.4) is 0 Å². The standard InChI is InChI=1S/C23H27N3O4/c1-26-15-14-24-23(26)21(17-9-5-6-10-18(17)28-2)25-20(27)13-12-16-8-7-11-19(29-3)22(16)30-4/h5-11,14-15,21H,12-13H2,1-4H3,(H,25,27). The highest BCUT2D eigenvalue weighted by Crippen LogP contribution is 2.32. The van der Waals surface area contributed by atoms with Gasteiger partial charge in [0.05, 0.1) is 21.3 Å². The van der Waals surface area contributed by atoms with Crippen molar-refractivity contribution < 1.29 is 19.0 Å². The topological polar surface area (TPSA) is 74.6 Å². The van der Waals surface area contributed by atoms with Crippen molar-refractivity contribution in [2.75, 3.05) is 21.3 Å². The molecule has 2 aromatic carbocycles. The molecule has 1 unspecified atom stereocenters. The fourth-order valence-electron chi connectivity index (χ4n) is 3.47. The zero-order valence-electron chi connectivity index (χ0n) is 17.7. The lowest BCUT2D eigenvalue weighted by atomic mass is 10.0. The van der Waals surface area contributed by atoms with E-state index in [9.17, 15) is 4.79 Å². The Labute approximate surface area is 176 Å². The second kappa shape index (κ2) is 9.82. The molecule has 0 aliphatic rings. The first-order chi connectivity index (χ1) is 14.6. The van der Waals surface area contributed by atoms with E-state index < -0.39 is 6.04 Å². The normalized spacial score (nSPS) is 11.6. The monoisotopic (exact) mass is 409 g/mol. The highest BCUT2D eigenvalue weighted by Gasteiger charge is 2.24. The lowest BCUT2D eigenvalue weighted by Crippen LogP contribution is -2.31. The molecular formula is C23H27N3O4. The number of aryl methyl sites for hydroxylation is 2. The third kappa shape index (κ3) is 4.56. The second-order valence-corrected chi connectivity index (χ2v) is 6.79. The Morgan fingerprint density at radius 3 is 2.43 bits per heavy atom.